The number of sulfone groups is 1. The molecule has 8 heteroatoms. The van der Waals surface area contributed by atoms with Crippen molar-refractivity contribution >= 4 is 43.2 Å². The zero-order chi connectivity index (χ0) is 16.2. The first kappa shape index (κ1) is 15.8. The number of aliphatic hydroxyl groups is 1. The van der Waals surface area contributed by atoms with Gasteiger partial charge in [-0.1, -0.05) is 18.7 Å². The summed E-state index contributed by atoms with van der Waals surface area (Å²) in [7, 11) is -3.14. The summed E-state index contributed by atoms with van der Waals surface area (Å²) < 4.78 is 23.4. The van der Waals surface area contributed by atoms with Crippen LogP contribution in [0.1, 0.15) is 23.8 Å². The monoisotopic (exact) mass is 370 g/mol. The molecule has 2 aliphatic rings. The standard InChI is InChI=1S/C15H18N2O3S3/c1-8-2-3-9-11(4-8)21-14-13(9)15(17-7-16-14)22-12-6-23(19,20)5-10(12)18/h7-8,10,12,18H,2-6H2,1H3/t8-,10-,12+/m0/s1. The molecule has 3 atom stereocenters. The van der Waals surface area contributed by atoms with E-state index in [4.69, 9.17) is 0 Å². The van der Waals surface area contributed by atoms with Crippen LogP contribution in [0, 0.1) is 5.92 Å². The predicted molar refractivity (Wildman–Crippen MR) is 92.9 cm³/mol. The van der Waals surface area contributed by atoms with Crippen LogP contribution in [0.15, 0.2) is 11.4 Å². The fraction of sp³-hybridized carbons (Fsp3) is 0.600. The van der Waals surface area contributed by atoms with Gasteiger partial charge in [-0.3, -0.25) is 0 Å². The molecule has 2 aromatic rings. The van der Waals surface area contributed by atoms with Gasteiger partial charge in [0.2, 0.25) is 0 Å². The number of aromatic nitrogens is 2. The Morgan fingerprint density at radius 3 is 2.91 bits per heavy atom. The first-order chi connectivity index (χ1) is 10.9. The van der Waals surface area contributed by atoms with E-state index in [0.29, 0.717) is 5.92 Å². The first-order valence-corrected chi connectivity index (χ1v) is 11.2. The molecule has 124 valence electrons. The van der Waals surface area contributed by atoms with Gasteiger partial charge in [0.15, 0.2) is 9.84 Å². The van der Waals surface area contributed by atoms with E-state index in [0.717, 1.165) is 34.5 Å². The van der Waals surface area contributed by atoms with Crippen LogP contribution in [-0.4, -0.2) is 46.4 Å². The highest BCUT2D eigenvalue weighted by molar-refractivity contribution is 8.02. The van der Waals surface area contributed by atoms with Crippen LogP contribution in [0.25, 0.3) is 10.2 Å². The predicted octanol–water partition coefficient (Wildman–Crippen LogP) is 2.07. The van der Waals surface area contributed by atoms with Crippen LogP contribution in [0.5, 0.6) is 0 Å². The number of thiophene rings is 1. The molecule has 1 aliphatic carbocycles. The molecular weight excluding hydrogens is 352 g/mol. The molecule has 0 amide bonds. The van der Waals surface area contributed by atoms with Crippen molar-refractivity contribution in [1.82, 2.24) is 9.97 Å². The molecule has 0 saturated carbocycles. The summed E-state index contributed by atoms with van der Waals surface area (Å²) in [4.78, 5) is 11.2. The smallest absolute Gasteiger partial charge is 0.154 e. The molecule has 3 heterocycles. The average molecular weight is 371 g/mol. The van der Waals surface area contributed by atoms with Gasteiger partial charge in [0, 0.05) is 10.3 Å². The van der Waals surface area contributed by atoms with E-state index in [1.807, 2.05) is 0 Å². The Bertz CT molecular complexity index is 862. The van der Waals surface area contributed by atoms with Gasteiger partial charge in [0.05, 0.1) is 22.9 Å². The third-order valence-electron chi connectivity index (χ3n) is 4.59. The first-order valence-electron chi connectivity index (χ1n) is 7.73. The van der Waals surface area contributed by atoms with Gasteiger partial charge in [0.25, 0.3) is 0 Å². The fourth-order valence-electron chi connectivity index (χ4n) is 3.39. The lowest BCUT2D eigenvalue weighted by molar-refractivity contribution is 0.207. The Morgan fingerprint density at radius 1 is 1.35 bits per heavy atom. The van der Waals surface area contributed by atoms with Crippen molar-refractivity contribution in [3.8, 4) is 0 Å². The van der Waals surface area contributed by atoms with Crippen molar-refractivity contribution in [2.24, 2.45) is 5.92 Å². The summed E-state index contributed by atoms with van der Waals surface area (Å²) in [5.74, 6) is 0.577. The van der Waals surface area contributed by atoms with E-state index in [-0.39, 0.29) is 16.8 Å². The van der Waals surface area contributed by atoms with Crippen LogP contribution in [0.2, 0.25) is 0 Å². The molecule has 23 heavy (non-hydrogen) atoms. The van der Waals surface area contributed by atoms with Gasteiger partial charge in [-0.05, 0) is 30.7 Å². The SMILES string of the molecule is C[C@H]1CCc2c(sc3ncnc(S[C@@H]4CS(=O)(=O)C[C@@H]4O)c23)C1. The number of aliphatic hydroxyl groups excluding tert-OH is 1. The molecule has 1 N–H and O–H groups in total. The van der Waals surface area contributed by atoms with Crippen LogP contribution in [0.4, 0.5) is 0 Å². The third-order valence-corrected chi connectivity index (χ3v) is 9.00. The maximum Gasteiger partial charge on any atom is 0.154 e. The minimum absolute atomic E-state index is 0.0215. The topological polar surface area (TPSA) is 80.2 Å². The van der Waals surface area contributed by atoms with Crippen molar-refractivity contribution in [1.29, 1.82) is 0 Å². The third kappa shape index (κ3) is 2.90. The van der Waals surface area contributed by atoms with Crippen molar-refractivity contribution in [3.05, 3.63) is 16.8 Å². The number of nitrogens with zero attached hydrogens (tertiary/aromatic N) is 2. The number of thioether (sulfide) groups is 1. The van der Waals surface area contributed by atoms with E-state index in [2.05, 4.69) is 16.9 Å². The largest absolute Gasteiger partial charge is 0.391 e. The van der Waals surface area contributed by atoms with E-state index < -0.39 is 15.9 Å². The Hall–Kier alpha value is -0.700. The Morgan fingerprint density at radius 2 is 2.17 bits per heavy atom. The second-order valence-electron chi connectivity index (χ2n) is 6.51. The van der Waals surface area contributed by atoms with Gasteiger partial charge in [-0.25, -0.2) is 18.4 Å². The molecule has 0 bridgehead atoms. The fourth-order valence-corrected chi connectivity index (χ4v) is 8.42. The summed E-state index contributed by atoms with van der Waals surface area (Å²) in [5.41, 5.74) is 1.33. The lowest BCUT2D eigenvalue weighted by Crippen LogP contribution is -2.20. The maximum atomic E-state index is 11.7. The van der Waals surface area contributed by atoms with E-state index in [9.17, 15) is 13.5 Å². The number of rotatable bonds is 2. The molecule has 1 aliphatic heterocycles. The van der Waals surface area contributed by atoms with Crippen LogP contribution < -0.4 is 0 Å². The molecule has 5 nitrogen and oxygen atoms in total. The second-order valence-corrected chi connectivity index (χ2v) is 11.0. The molecule has 2 aromatic heterocycles. The minimum Gasteiger partial charge on any atom is -0.391 e. The number of aryl methyl sites for hydroxylation is 1. The van der Waals surface area contributed by atoms with Gasteiger partial charge < -0.3 is 5.11 Å². The Kier molecular flexibility index (Phi) is 3.91. The van der Waals surface area contributed by atoms with Crippen molar-refractivity contribution in [2.45, 2.75) is 42.6 Å². The quantitative estimate of drug-likeness (QED) is 0.815. The molecular formula is C15H18N2O3S3. The molecule has 0 unspecified atom stereocenters. The molecule has 4 rings (SSSR count). The van der Waals surface area contributed by atoms with E-state index >= 15 is 0 Å². The average Bonchev–Trinajstić information content (AvgIpc) is 2.95. The molecule has 0 aromatic carbocycles. The minimum atomic E-state index is -3.14. The normalized spacial score (nSPS) is 29.7. The van der Waals surface area contributed by atoms with Gasteiger partial charge in [0.1, 0.15) is 16.2 Å². The zero-order valence-electron chi connectivity index (χ0n) is 12.7. The Balaban J connectivity index is 1.73. The molecule has 0 radical (unpaired) electrons. The highest BCUT2D eigenvalue weighted by Gasteiger charge is 2.38. The molecule has 0 spiro atoms. The number of hydrogen-bond donors (Lipinski definition) is 1. The van der Waals surface area contributed by atoms with Crippen molar-refractivity contribution < 1.29 is 13.5 Å². The van der Waals surface area contributed by atoms with Crippen molar-refractivity contribution in [2.75, 3.05) is 11.5 Å². The van der Waals surface area contributed by atoms with Crippen LogP contribution >= 0.6 is 23.1 Å². The van der Waals surface area contributed by atoms with Crippen LogP contribution in [-0.2, 0) is 22.7 Å². The summed E-state index contributed by atoms with van der Waals surface area (Å²) in [6.45, 7) is 2.27. The summed E-state index contributed by atoms with van der Waals surface area (Å²) >= 11 is 3.13. The van der Waals surface area contributed by atoms with Crippen molar-refractivity contribution in [3.63, 3.8) is 0 Å². The van der Waals surface area contributed by atoms with Gasteiger partial charge >= 0.3 is 0 Å². The van der Waals surface area contributed by atoms with Gasteiger partial charge in [-0.15, -0.1) is 11.3 Å². The second kappa shape index (κ2) is 5.68. The maximum absolute atomic E-state index is 11.7. The van der Waals surface area contributed by atoms with E-state index in [1.165, 1.54) is 22.2 Å². The highest BCUT2D eigenvalue weighted by atomic mass is 32.2. The number of hydrogen-bond acceptors (Lipinski definition) is 7. The zero-order valence-corrected chi connectivity index (χ0v) is 15.2. The van der Waals surface area contributed by atoms with Gasteiger partial charge in [-0.2, -0.15) is 0 Å². The van der Waals surface area contributed by atoms with E-state index in [1.54, 1.807) is 17.7 Å². The lowest BCUT2D eigenvalue weighted by atomic mass is 9.89. The molecule has 1 fully saturated rings. The summed E-state index contributed by atoms with van der Waals surface area (Å²) in [6.07, 6.45) is 4.01. The Labute approximate surface area is 143 Å². The highest BCUT2D eigenvalue weighted by Crippen LogP contribution is 2.42. The molecule has 1 saturated heterocycles. The lowest BCUT2D eigenvalue weighted by Gasteiger charge is -2.18. The number of fused-ring (bicyclic) bond motifs is 3. The summed E-state index contributed by atoms with van der Waals surface area (Å²) in [6, 6.07) is 0. The summed E-state index contributed by atoms with van der Waals surface area (Å²) in [5, 5.41) is 11.6. The van der Waals surface area contributed by atoms with Crippen LogP contribution in [0.3, 0.4) is 0 Å².